The Balaban J connectivity index is 2.03. The van der Waals surface area contributed by atoms with E-state index in [1.807, 2.05) is 0 Å². The van der Waals surface area contributed by atoms with E-state index >= 15 is 0 Å². The van der Waals surface area contributed by atoms with E-state index in [4.69, 9.17) is 5.73 Å². The fraction of sp³-hybridized carbons (Fsp3) is 0.300. The smallest absolute Gasteiger partial charge is 0.255 e. The zero-order valence-electron chi connectivity index (χ0n) is 8.56. The maximum absolute atomic E-state index is 11.8. The van der Waals surface area contributed by atoms with E-state index in [0.29, 0.717) is 24.2 Å². The third kappa shape index (κ3) is 2.10. The number of pyridine rings is 1. The van der Waals surface area contributed by atoms with E-state index in [1.165, 1.54) is 12.4 Å². The van der Waals surface area contributed by atoms with Gasteiger partial charge >= 0.3 is 0 Å². The van der Waals surface area contributed by atoms with Crippen molar-refractivity contribution >= 4 is 17.5 Å². The number of nitrogens with zero attached hydrogens (tertiary/aromatic N) is 1. The molecule has 84 valence electrons. The summed E-state index contributed by atoms with van der Waals surface area (Å²) in [6.45, 7) is 0.463. The number of hydrogen-bond donors (Lipinski definition) is 3. The highest BCUT2D eigenvalue weighted by Crippen LogP contribution is 2.09. The zero-order valence-corrected chi connectivity index (χ0v) is 8.56. The zero-order chi connectivity index (χ0) is 11.5. The summed E-state index contributed by atoms with van der Waals surface area (Å²) in [7, 11) is 0. The number of nitrogen functional groups attached to an aromatic ring is 1. The molecule has 1 aromatic rings. The minimum atomic E-state index is -0.299. The number of rotatable bonds is 2. The van der Waals surface area contributed by atoms with Crippen LogP contribution in [0, 0.1) is 0 Å². The number of nitrogens with two attached hydrogens (primary N) is 1. The van der Waals surface area contributed by atoms with Gasteiger partial charge in [-0.3, -0.25) is 14.6 Å². The van der Waals surface area contributed by atoms with Crippen molar-refractivity contribution in [2.24, 2.45) is 0 Å². The Morgan fingerprint density at radius 1 is 1.62 bits per heavy atom. The van der Waals surface area contributed by atoms with Crippen LogP contribution >= 0.6 is 0 Å². The molecule has 1 aromatic heterocycles. The maximum atomic E-state index is 11.8. The first-order valence-electron chi connectivity index (χ1n) is 4.94. The third-order valence-corrected chi connectivity index (χ3v) is 2.41. The van der Waals surface area contributed by atoms with Crippen LogP contribution in [0.15, 0.2) is 18.5 Å². The van der Waals surface area contributed by atoms with Crippen molar-refractivity contribution in [1.29, 1.82) is 0 Å². The summed E-state index contributed by atoms with van der Waals surface area (Å²) in [6.07, 6.45) is 3.24. The minimum Gasteiger partial charge on any atom is -0.398 e. The molecule has 6 nitrogen and oxygen atoms in total. The number of hydrogen-bond acceptors (Lipinski definition) is 4. The van der Waals surface area contributed by atoms with Gasteiger partial charge in [0.2, 0.25) is 5.91 Å². The maximum Gasteiger partial charge on any atom is 0.255 e. The second-order valence-electron chi connectivity index (χ2n) is 3.64. The third-order valence-electron chi connectivity index (χ3n) is 2.41. The lowest BCUT2D eigenvalue weighted by Crippen LogP contribution is -2.36. The molecule has 0 bridgehead atoms. The van der Waals surface area contributed by atoms with E-state index < -0.39 is 0 Å². The standard InChI is InChI=1S/C10H12N4O2/c11-8-1-2-12-5-7(8)10(16)14-6-3-9(15)13-4-6/h1-2,5-6H,3-4H2,(H2,11,12)(H,13,15)(H,14,16). The highest BCUT2D eigenvalue weighted by Gasteiger charge is 2.23. The summed E-state index contributed by atoms with van der Waals surface area (Å²) >= 11 is 0. The largest absolute Gasteiger partial charge is 0.398 e. The summed E-state index contributed by atoms with van der Waals surface area (Å²) in [5, 5.41) is 5.36. The average Bonchev–Trinajstić information content (AvgIpc) is 2.64. The lowest BCUT2D eigenvalue weighted by molar-refractivity contribution is -0.119. The highest BCUT2D eigenvalue weighted by molar-refractivity contribution is 5.99. The molecular weight excluding hydrogens is 208 g/mol. The van der Waals surface area contributed by atoms with Crippen LogP contribution in [0.2, 0.25) is 0 Å². The summed E-state index contributed by atoms with van der Waals surface area (Å²) in [4.78, 5) is 26.5. The molecule has 4 N–H and O–H groups in total. The Morgan fingerprint density at radius 3 is 3.06 bits per heavy atom. The summed E-state index contributed by atoms with van der Waals surface area (Å²) in [5.74, 6) is -0.350. The Bertz CT molecular complexity index is 433. The van der Waals surface area contributed by atoms with Crippen molar-refractivity contribution in [3.05, 3.63) is 24.0 Å². The quantitative estimate of drug-likeness (QED) is 0.612. The molecule has 0 spiro atoms. The number of carbonyl (C=O) groups is 2. The van der Waals surface area contributed by atoms with Crippen LogP contribution in [0.25, 0.3) is 0 Å². The van der Waals surface area contributed by atoms with Crippen LogP contribution in [-0.4, -0.2) is 29.4 Å². The molecule has 1 aliphatic rings. The van der Waals surface area contributed by atoms with Crippen LogP contribution in [-0.2, 0) is 4.79 Å². The van der Waals surface area contributed by atoms with E-state index in [-0.39, 0.29) is 17.9 Å². The summed E-state index contributed by atoms with van der Waals surface area (Å²) in [6, 6.07) is 1.40. The molecule has 1 unspecified atom stereocenters. The van der Waals surface area contributed by atoms with Crippen LogP contribution in [0.4, 0.5) is 5.69 Å². The molecule has 1 saturated heterocycles. The molecule has 16 heavy (non-hydrogen) atoms. The van der Waals surface area contributed by atoms with Crippen LogP contribution < -0.4 is 16.4 Å². The molecule has 2 amide bonds. The van der Waals surface area contributed by atoms with Crippen LogP contribution in [0.5, 0.6) is 0 Å². The van der Waals surface area contributed by atoms with E-state index in [2.05, 4.69) is 15.6 Å². The Labute approximate surface area is 92.2 Å². The molecule has 2 heterocycles. The number of carbonyl (C=O) groups excluding carboxylic acids is 2. The SMILES string of the molecule is Nc1ccncc1C(=O)NC1CNC(=O)C1. The first kappa shape index (κ1) is 10.4. The van der Waals surface area contributed by atoms with E-state index in [1.54, 1.807) is 6.07 Å². The second kappa shape index (κ2) is 4.18. The molecule has 0 saturated carbocycles. The van der Waals surface area contributed by atoms with Gasteiger partial charge in [0, 0.05) is 31.0 Å². The Kier molecular flexibility index (Phi) is 2.72. The molecule has 1 aliphatic heterocycles. The lowest BCUT2D eigenvalue weighted by atomic mass is 10.2. The van der Waals surface area contributed by atoms with Gasteiger partial charge in [-0.2, -0.15) is 0 Å². The van der Waals surface area contributed by atoms with Gasteiger partial charge in [-0.1, -0.05) is 0 Å². The molecule has 0 aliphatic carbocycles. The molecule has 2 rings (SSSR count). The summed E-state index contributed by atoms with van der Waals surface area (Å²) < 4.78 is 0. The minimum absolute atomic E-state index is 0.0514. The first-order chi connectivity index (χ1) is 7.66. The predicted octanol–water partition coefficient (Wildman–Crippen LogP) is -0.718. The molecule has 1 fully saturated rings. The average molecular weight is 220 g/mol. The predicted molar refractivity (Wildman–Crippen MR) is 57.5 cm³/mol. The van der Waals surface area contributed by atoms with Gasteiger partial charge in [0.05, 0.1) is 11.6 Å². The van der Waals surface area contributed by atoms with Gasteiger partial charge in [-0.05, 0) is 6.07 Å². The van der Waals surface area contributed by atoms with Crippen LogP contribution in [0.1, 0.15) is 16.8 Å². The highest BCUT2D eigenvalue weighted by atomic mass is 16.2. The van der Waals surface area contributed by atoms with Crippen molar-refractivity contribution in [2.45, 2.75) is 12.5 Å². The van der Waals surface area contributed by atoms with E-state index in [0.717, 1.165) is 0 Å². The van der Waals surface area contributed by atoms with Crippen LogP contribution in [0.3, 0.4) is 0 Å². The van der Waals surface area contributed by atoms with Gasteiger partial charge in [-0.25, -0.2) is 0 Å². The van der Waals surface area contributed by atoms with Crippen molar-refractivity contribution in [2.75, 3.05) is 12.3 Å². The monoisotopic (exact) mass is 220 g/mol. The number of amides is 2. The molecule has 0 aromatic carbocycles. The molecular formula is C10H12N4O2. The number of nitrogens with one attached hydrogen (secondary N) is 2. The van der Waals surface area contributed by atoms with Gasteiger partial charge in [0.15, 0.2) is 0 Å². The van der Waals surface area contributed by atoms with E-state index in [9.17, 15) is 9.59 Å². The van der Waals surface area contributed by atoms with Crippen molar-refractivity contribution < 1.29 is 9.59 Å². The number of aromatic nitrogens is 1. The van der Waals surface area contributed by atoms with Crippen molar-refractivity contribution in [3.63, 3.8) is 0 Å². The fourth-order valence-corrected chi connectivity index (χ4v) is 1.57. The van der Waals surface area contributed by atoms with Gasteiger partial charge in [0.25, 0.3) is 5.91 Å². The molecule has 6 heteroatoms. The molecule has 0 radical (unpaired) electrons. The van der Waals surface area contributed by atoms with Gasteiger partial charge < -0.3 is 16.4 Å². The lowest BCUT2D eigenvalue weighted by Gasteiger charge is -2.11. The van der Waals surface area contributed by atoms with Gasteiger partial charge in [-0.15, -0.1) is 0 Å². The van der Waals surface area contributed by atoms with Crippen molar-refractivity contribution in [3.8, 4) is 0 Å². The second-order valence-corrected chi connectivity index (χ2v) is 3.64. The Morgan fingerprint density at radius 2 is 2.44 bits per heavy atom. The number of anilines is 1. The normalized spacial score (nSPS) is 19.2. The van der Waals surface area contributed by atoms with Crippen molar-refractivity contribution in [1.82, 2.24) is 15.6 Å². The first-order valence-corrected chi connectivity index (χ1v) is 4.94. The molecule has 1 atom stereocenters. The van der Waals surface area contributed by atoms with Gasteiger partial charge in [0.1, 0.15) is 0 Å². The topological polar surface area (TPSA) is 97.1 Å². The Hall–Kier alpha value is -2.11. The summed E-state index contributed by atoms with van der Waals surface area (Å²) in [5.41, 5.74) is 6.35. The fourth-order valence-electron chi connectivity index (χ4n) is 1.57.